The lowest BCUT2D eigenvalue weighted by molar-refractivity contribution is 0.594. The van der Waals surface area contributed by atoms with E-state index in [2.05, 4.69) is 4.98 Å². The van der Waals surface area contributed by atoms with Gasteiger partial charge in [-0.05, 0) is 25.5 Å². The molecule has 1 aromatic heterocycles. The summed E-state index contributed by atoms with van der Waals surface area (Å²) >= 11 is 1.19. The molecule has 0 radical (unpaired) electrons. The Kier molecular flexibility index (Phi) is 2.75. The van der Waals surface area contributed by atoms with Crippen LogP contribution in [0.1, 0.15) is 10.6 Å². The zero-order chi connectivity index (χ0) is 13.6. The van der Waals surface area contributed by atoms with Crippen molar-refractivity contribution < 1.29 is 8.42 Å². The molecule has 3 rings (SSSR count). The molecule has 1 aliphatic heterocycles. The summed E-state index contributed by atoms with van der Waals surface area (Å²) in [5.74, 6) is 0. The highest BCUT2D eigenvalue weighted by atomic mass is 32.2. The van der Waals surface area contributed by atoms with Crippen molar-refractivity contribution in [2.45, 2.75) is 17.6 Å². The maximum absolute atomic E-state index is 12.6. The van der Waals surface area contributed by atoms with Gasteiger partial charge in [0.25, 0.3) is 10.0 Å². The maximum atomic E-state index is 12.6. The number of hydrogen-bond acceptors (Lipinski definition) is 5. The number of sulfonamides is 1. The Bertz CT molecular complexity index is 737. The Morgan fingerprint density at radius 2 is 2.21 bits per heavy atom. The third-order valence-electron chi connectivity index (χ3n) is 3.17. The number of aryl methyl sites for hydroxylation is 1. The topological polar surface area (TPSA) is 76.3 Å². The molecule has 0 atom stereocenters. The zero-order valence-electron chi connectivity index (χ0n) is 10.3. The van der Waals surface area contributed by atoms with Crippen LogP contribution in [-0.4, -0.2) is 19.9 Å². The van der Waals surface area contributed by atoms with Crippen LogP contribution in [0.5, 0.6) is 0 Å². The van der Waals surface area contributed by atoms with Gasteiger partial charge in [-0.25, -0.2) is 13.4 Å². The molecule has 1 aliphatic rings. The van der Waals surface area contributed by atoms with Crippen LogP contribution >= 0.6 is 11.3 Å². The Morgan fingerprint density at radius 1 is 1.42 bits per heavy atom. The highest BCUT2D eigenvalue weighted by Gasteiger charge is 2.32. The van der Waals surface area contributed by atoms with E-state index in [0.29, 0.717) is 24.3 Å². The Hall–Kier alpha value is -1.60. The minimum atomic E-state index is -3.51. The van der Waals surface area contributed by atoms with Crippen molar-refractivity contribution in [3.05, 3.63) is 35.0 Å². The molecule has 0 spiro atoms. The van der Waals surface area contributed by atoms with E-state index in [-0.39, 0.29) is 4.21 Å². The molecule has 0 bridgehead atoms. The summed E-state index contributed by atoms with van der Waals surface area (Å²) in [6.07, 6.45) is 2.07. The SMILES string of the molecule is Cc1ncc(S(=O)(=O)N2CCc3c(N)cccc32)s1. The van der Waals surface area contributed by atoms with E-state index in [1.807, 2.05) is 0 Å². The van der Waals surface area contributed by atoms with E-state index < -0.39 is 10.0 Å². The van der Waals surface area contributed by atoms with Crippen molar-refractivity contribution in [1.29, 1.82) is 0 Å². The number of aromatic nitrogens is 1. The standard InChI is InChI=1S/C12H13N3O2S2/c1-8-14-7-12(18-8)19(16,17)15-6-5-9-10(13)3-2-4-11(9)15/h2-4,7H,5-6,13H2,1H3. The molecule has 2 N–H and O–H groups in total. The van der Waals surface area contributed by atoms with Gasteiger partial charge in [-0.3, -0.25) is 4.31 Å². The second-order valence-electron chi connectivity index (χ2n) is 4.37. The fraction of sp³-hybridized carbons (Fsp3) is 0.250. The average Bonchev–Trinajstić information content (AvgIpc) is 2.96. The molecule has 19 heavy (non-hydrogen) atoms. The monoisotopic (exact) mass is 295 g/mol. The molecule has 7 heteroatoms. The molecule has 1 aromatic carbocycles. The number of nitrogens with two attached hydrogens (primary N) is 1. The lowest BCUT2D eigenvalue weighted by Gasteiger charge is -2.18. The number of hydrogen-bond donors (Lipinski definition) is 1. The first-order valence-corrected chi connectivity index (χ1v) is 8.08. The van der Waals surface area contributed by atoms with Crippen molar-refractivity contribution in [1.82, 2.24) is 4.98 Å². The molecule has 2 heterocycles. The minimum Gasteiger partial charge on any atom is -0.398 e. The molecule has 2 aromatic rings. The maximum Gasteiger partial charge on any atom is 0.275 e. The number of rotatable bonds is 2. The van der Waals surface area contributed by atoms with Crippen molar-refractivity contribution >= 4 is 32.7 Å². The summed E-state index contributed by atoms with van der Waals surface area (Å²) < 4.78 is 26.9. The van der Waals surface area contributed by atoms with Crippen LogP contribution in [0, 0.1) is 6.92 Å². The zero-order valence-corrected chi connectivity index (χ0v) is 12.0. The molecule has 0 saturated carbocycles. The van der Waals surface area contributed by atoms with Gasteiger partial charge in [0.15, 0.2) is 4.21 Å². The van der Waals surface area contributed by atoms with Crippen LogP contribution < -0.4 is 10.0 Å². The Morgan fingerprint density at radius 3 is 2.89 bits per heavy atom. The van der Waals surface area contributed by atoms with Crippen LogP contribution in [0.25, 0.3) is 0 Å². The molecular formula is C12H13N3O2S2. The third kappa shape index (κ3) is 1.89. The Balaban J connectivity index is 2.09. The van der Waals surface area contributed by atoms with Crippen molar-refractivity contribution in [3.63, 3.8) is 0 Å². The van der Waals surface area contributed by atoms with E-state index >= 15 is 0 Å². The van der Waals surface area contributed by atoms with Crippen LogP contribution in [0.15, 0.2) is 28.6 Å². The number of nitrogens with zero attached hydrogens (tertiary/aromatic N) is 2. The molecule has 0 unspecified atom stereocenters. The van der Waals surface area contributed by atoms with E-state index in [1.165, 1.54) is 21.8 Å². The molecular weight excluding hydrogens is 282 g/mol. The predicted octanol–water partition coefficient (Wildman–Crippen LogP) is 1.79. The summed E-state index contributed by atoms with van der Waals surface area (Å²) in [7, 11) is -3.51. The summed E-state index contributed by atoms with van der Waals surface area (Å²) in [6, 6.07) is 5.37. The fourth-order valence-electron chi connectivity index (χ4n) is 2.25. The molecule has 0 fully saturated rings. The van der Waals surface area contributed by atoms with Gasteiger partial charge in [-0.15, -0.1) is 11.3 Å². The summed E-state index contributed by atoms with van der Waals surface area (Å²) in [6.45, 7) is 2.22. The smallest absolute Gasteiger partial charge is 0.275 e. The lowest BCUT2D eigenvalue weighted by atomic mass is 10.1. The molecule has 5 nitrogen and oxygen atoms in total. The predicted molar refractivity (Wildman–Crippen MR) is 75.9 cm³/mol. The van der Waals surface area contributed by atoms with E-state index in [0.717, 1.165) is 10.6 Å². The van der Waals surface area contributed by atoms with E-state index in [9.17, 15) is 8.42 Å². The molecule has 0 aliphatic carbocycles. The van der Waals surface area contributed by atoms with Crippen molar-refractivity contribution in [2.24, 2.45) is 0 Å². The van der Waals surface area contributed by atoms with Gasteiger partial charge in [0, 0.05) is 17.8 Å². The minimum absolute atomic E-state index is 0.278. The van der Waals surface area contributed by atoms with Crippen LogP contribution in [0.3, 0.4) is 0 Å². The van der Waals surface area contributed by atoms with Crippen LogP contribution in [0.2, 0.25) is 0 Å². The van der Waals surface area contributed by atoms with E-state index in [4.69, 9.17) is 5.73 Å². The number of anilines is 2. The summed E-state index contributed by atoms with van der Waals surface area (Å²) in [5, 5.41) is 0.741. The largest absolute Gasteiger partial charge is 0.398 e. The first-order valence-electron chi connectivity index (χ1n) is 5.82. The number of nitrogen functional groups attached to an aromatic ring is 1. The first kappa shape index (κ1) is 12.4. The summed E-state index contributed by atoms with van der Waals surface area (Å²) in [4.78, 5) is 4.02. The normalized spacial score (nSPS) is 14.7. The third-order valence-corrected chi connectivity index (χ3v) is 6.33. The van der Waals surface area contributed by atoms with Crippen molar-refractivity contribution in [2.75, 3.05) is 16.6 Å². The quantitative estimate of drug-likeness (QED) is 0.857. The van der Waals surface area contributed by atoms with Gasteiger partial charge >= 0.3 is 0 Å². The van der Waals surface area contributed by atoms with Crippen LogP contribution in [-0.2, 0) is 16.4 Å². The second kappa shape index (κ2) is 4.21. The highest BCUT2D eigenvalue weighted by molar-refractivity contribution is 7.94. The summed E-state index contributed by atoms with van der Waals surface area (Å²) in [5.41, 5.74) is 8.13. The van der Waals surface area contributed by atoms with Gasteiger partial charge < -0.3 is 5.73 Å². The number of thiazole rings is 1. The van der Waals surface area contributed by atoms with Gasteiger partial charge in [0.1, 0.15) is 0 Å². The number of fused-ring (bicyclic) bond motifs is 1. The average molecular weight is 295 g/mol. The molecule has 0 amide bonds. The van der Waals surface area contributed by atoms with Gasteiger partial charge in [0.2, 0.25) is 0 Å². The van der Waals surface area contributed by atoms with Gasteiger partial charge in [-0.2, -0.15) is 0 Å². The second-order valence-corrected chi connectivity index (χ2v) is 7.69. The molecule has 100 valence electrons. The fourth-order valence-corrected chi connectivity index (χ4v) is 4.97. The highest BCUT2D eigenvalue weighted by Crippen LogP contribution is 2.36. The lowest BCUT2D eigenvalue weighted by Crippen LogP contribution is -2.28. The van der Waals surface area contributed by atoms with E-state index in [1.54, 1.807) is 25.1 Å². The van der Waals surface area contributed by atoms with Gasteiger partial charge in [-0.1, -0.05) is 6.07 Å². The van der Waals surface area contributed by atoms with Gasteiger partial charge in [0.05, 0.1) is 16.9 Å². The molecule has 0 saturated heterocycles. The number of benzene rings is 1. The Labute approximate surface area is 115 Å². The van der Waals surface area contributed by atoms with Crippen molar-refractivity contribution in [3.8, 4) is 0 Å². The van der Waals surface area contributed by atoms with Crippen LogP contribution in [0.4, 0.5) is 11.4 Å². The first-order chi connectivity index (χ1) is 9.00.